The maximum Gasteiger partial charge on any atom is 0.350 e. The molecule has 3 atom stereocenters. The van der Waals surface area contributed by atoms with Gasteiger partial charge in [0.1, 0.15) is 17.7 Å². The fraction of sp³-hybridized carbons (Fsp3) is 0.381. The van der Waals surface area contributed by atoms with Crippen LogP contribution in [0.3, 0.4) is 0 Å². The predicted octanol–water partition coefficient (Wildman–Crippen LogP) is 2.88. The molecular formula is C21H20F4N2O4S. The zero-order valence-corrected chi connectivity index (χ0v) is 17.5. The Balaban J connectivity index is 1.79. The van der Waals surface area contributed by atoms with Gasteiger partial charge in [-0.1, -0.05) is 36.4 Å². The van der Waals surface area contributed by atoms with Crippen molar-refractivity contribution in [3.05, 3.63) is 53.8 Å². The summed E-state index contributed by atoms with van der Waals surface area (Å²) in [6.45, 7) is -0.581. The van der Waals surface area contributed by atoms with Crippen LogP contribution < -0.4 is 9.46 Å². The second kappa shape index (κ2) is 8.70. The minimum atomic E-state index is -5.13. The summed E-state index contributed by atoms with van der Waals surface area (Å²) in [5.74, 6) is -4.59. The van der Waals surface area contributed by atoms with E-state index in [1.807, 2.05) is 0 Å². The van der Waals surface area contributed by atoms with Crippen molar-refractivity contribution in [3.63, 3.8) is 0 Å². The van der Waals surface area contributed by atoms with Gasteiger partial charge in [0, 0.05) is 11.1 Å². The Morgan fingerprint density at radius 2 is 1.81 bits per heavy atom. The molecule has 2 aromatic rings. The molecule has 1 saturated heterocycles. The highest BCUT2D eigenvalue weighted by molar-refractivity contribution is 7.89. The van der Waals surface area contributed by atoms with Crippen molar-refractivity contribution in [3.8, 4) is 16.9 Å². The van der Waals surface area contributed by atoms with Crippen LogP contribution in [0.4, 0.5) is 17.6 Å². The van der Waals surface area contributed by atoms with Crippen LogP contribution in [0.2, 0.25) is 0 Å². The maximum absolute atomic E-state index is 15.5. The number of rotatable bonds is 3. The number of benzene rings is 2. The fourth-order valence-electron chi connectivity index (χ4n) is 4.17. The van der Waals surface area contributed by atoms with Crippen LogP contribution in [0.15, 0.2) is 42.5 Å². The number of carbonyl (C=O) groups is 1. The molecule has 2 bridgehead atoms. The Kier molecular flexibility index (Phi) is 6.13. The molecule has 2 aliphatic heterocycles. The molecule has 1 amide bonds. The Labute approximate surface area is 182 Å². The minimum Gasteiger partial charge on any atom is -0.492 e. The first kappa shape index (κ1) is 22.5. The number of para-hydroxylation sites is 1. The molecule has 11 heteroatoms. The first-order valence-corrected chi connectivity index (χ1v) is 11.5. The smallest absolute Gasteiger partial charge is 0.350 e. The van der Waals surface area contributed by atoms with Crippen LogP contribution in [0.25, 0.3) is 11.1 Å². The summed E-state index contributed by atoms with van der Waals surface area (Å²) < 4.78 is 86.8. The zero-order chi connectivity index (χ0) is 23.0. The number of alkyl halides is 3. The highest BCUT2D eigenvalue weighted by atomic mass is 32.2. The van der Waals surface area contributed by atoms with Crippen LogP contribution in [0.1, 0.15) is 12.0 Å². The largest absolute Gasteiger partial charge is 0.492 e. The third-order valence-corrected chi connectivity index (χ3v) is 6.76. The van der Waals surface area contributed by atoms with E-state index in [2.05, 4.69) is 0 Å². The molecule has 32 heavy (non-hydrogen) atoms. The molecule has 1 fully saturated rings. The van der Waals surface area contributed by atoms with Crippen molar-refractivity contribution in [2.45, 2.75) is 36.9 Å². The first-order valence-electron chi connectivity index (χ1n) is 9.91. The molecule has 2 heterocycles. The number of sulfonamides is 1. The van der Waals surface area contributed by atoms with E-state index in [4.69, 9.17) is 4.74 Å². The van der Waals surface area contributed by atoms with Gasteiger partial charge in [0.15, 0.2) is 0 Å². The van der Waals surface area contributed by atoms with Crippen LogP contribution in [-0.4, -0.2) is 56.4 Å². The molecule has 172 valence electrons. The van der Waals surface area contributed by atoms with Crippen molar-refractivity contribution >= 4 is 15.9 Å². The molecule has 2 aliphatic rings. The Morgan fingerprint density at radius 3 is 2.56 bits per heavy atom. The number of fused-ring (bicyclic) bond motifs is 5. The number of amides is 1. The van der Waals surface area contributed by atoms with Gasteiger partial charge in [-0.25, -0.2) is 21.9 Å². The SMILES string of the molecule is O=C1CCOc2ccccc2-c2cccc(c2F)C[C@H]2[C@@H](NS(=O)(=O)C(F)F)[C@@H](F)CN12. The number of hydrogen-bond donors (Lipinski definition) is 1. The average Bonchev–Trinajstić information content (AvgIpc) is 3.04. The third kappa shape index (κ3) is 4.18. The van der Waals surface area contributed by atoms with E-state index in [9.17, 15) is 26.4 Å². The lowest BCUT2D eigenvalue weighted by Gasteiger charge is -2.29. The van der Waals surface area contributed by atoms with Crippen LogP contribution in [0, 0.1) is 5.82 Å². The fourth-order valence-corrected chi connectivity index (χ4v) is 4.95. The molecule has 0 unspecified atom stereocenters. The van der Waals surface area contributed by atoms with Gasteiger partial charge >= 0.3 is 5.76 Å². The molecule has 0 spiro atoms. The van der Waals surface area contributed by atoms with Gasteiger partial charge in [0.25, 0.3) is 10.0 Å². The lowest BCUT2D eigenvalue weighted by molar-refractivity contribution is -0.132. The number of hydrogen-bond acceptors (Lipinski definition) is 4. The number of carbonyl (C=O) groups excluding carboxylic acids is 1. The van der Waals surface area contributed by atoms with E-state index < -0.39 is 52.3 Å². The van der Waals surface area contributed by atoms with Crippen LogP contribution >= 0.6 is 0 Å². The van der Waals surface area contributed by atoms with Crippen LogP contribution in [-0.2, 0) is 21.2 Å². The topological polar surface area (TPSA) is 75.7 Å². The molecule has 1 N–H and O–H groups in total. The van der Waals surface area contributed by atoms with Crippen molar-refractivity contribution in [2.75, 3.05) is 13.2 Å². The summed E-state index contributed by atoms with van der Waals surface area (Å²) in [4.78, 5) is 13.9. The first-order chi connectivity index (χ1) is 15.2. The second-order valence-electron chi connectivity index (χ2n) is 7.66. The summed E-state index contributed by atoms with van der Waals surface area (Å²) >= 11 is 0. The van der Waals surface area contributed by atoms with E-state index in [-0.39, 0.29) is 30.6 Å². The minimum absolute atomic E-state index is 0.0786. The molecule has 0 aliphatic carbocycles. The van der Waals surface area contributed by atoms with Crippen molar-refractivity contribution in [1.82, 2.24) is 9.62 Å². The van der Waals surface area contributed by atoms with Gasteiger partial charge in [-0.15, -0.1) is 0 Å². The number of nitrogens with one attached hydrogen (secondary N) is 1. The highest BCUT2D eigenvalue weighted by Crippen LogP contribution is 2.35. The number of nitrogens with zero attached hydrogens (tertiary/aromatic N) is 1. The molecule has 6 nitrogen and oxygen atoms in total. The highest BCUT2D eigenvalue weighted by Gasteiger charge is 2.47. The predicted molar refractivity (Wildman–Crippen MR) is 108 cm³/mol. The number of ether oxygens (including phenoxy) is 1. The molecule has 0 saturated carbocycles. The van der Waals surface area contributed by atoms with E-state index in [0.29, 0.717) is 11.3 Å². The third-order valence-electron chi connectivity index (χ3n) is 5.69. The van der Waals surface area contributed by atoms with Gasteiger partial charge in [-0.3, -0.25) is 4.79 Å². The standard InChI is InChI=1S/C21H20F4N2O4S/c22-15-11-27-16(20(15)26-32(29,30)21(24)25)10-12-4-3-6-14(19(12)23)13-5-1-2-7-17(13)31-9-8-18(27)28/h1-7,15-16,20-21,26H,8-11H2/t15-,16-,20-/m0/s1. The Hall–Kier alpha value is -2.66. The molecule has 4 rings (SSSR count). The summed E-state index contributed by atoms with van der Waals surface area (Å²) in [7, 11) is -5.13. The second-order valence-corrected chi connectivity index (χ2v) is 9.34. The molecular weight excluding hydrogens is 452 g/mol. The summed E-state index contributed by atoms with van der Waals surface area (Å²) in [6, 6.07) is 8.42. The van der Waals surface area contributed by atoms with E-state index in [1.165, 1.54) is 6.07 Å². The average molecular weight is 472 g/mol. The van der Waals surface area contributed by atoms with Crippen molar-refractivity contribution < 1.29 is 35.5 Å². The summed E-state index contributed by atoms with van der Waals surface area (Å²) in [6.07, 6.45) is -2.35. The quantitative estimate of drug-likeness (QED) is 0.698. The summed E-state index contributed by atoms with van der Waals surface area (Å²) in [5, 5.41) is 0. The molecule has 0 radical (unpaired) electrons. The van der Waals surface area contributed by atoms with E-state index in [0.717, 1.165) is 4.90 Å². The van der Waals surface area contributed by atoms with Crippen molar-refractivity contribution in [1.29, 1.82) is 0 Å². The summed E-state index contributed by atoms with van der Waals surface area (Å²) in [5.41, 5.74) is 0.772. The lowest BCUT2D eigenvalue weighted by atomic mass is 9.95. The maximum atomic E-state index is 15.5. The monoisotopic (exact) mass is 472 g/mol. The number of halogens is 4. The van der Waals surface area contributed by atoms with E-state index in [1.54, 1.807) is 41.1 Å². The zero-order valence-electron chi connectivity index (χ0n) is 16.7. The normalized spacial score (nSPS) is 23.7. The van der Waals surface area contributed by atoms with Gasteiger partial charge in [-0.05, 0) is 18.1 Å². The van der Waals surface area contributed by atoms with Gasteiger partial charge in [0.2, 0.25) is 5.91 Å². The Bertz CT molecular complexity index is 1130. The molecule has 2 aromatic carbocycles. The Morgan fingerprint density at radius 1 is 1.09 bits per heavy atom. The lowest BCUT2D eigenvalue weighted by Crippen LogP contribution is -2.51. The van der Waals surface area contributed by atoms with Crippen molar-refractivity contribution in [2.24, 2.45) is 0 Å². The van der Waals surface area contributed by atoms with Gasteiger partial charge in [-0.2, -0.15) is 8.78 Å². The van der Waals surface area contributed by atoms with Gasteiger partial charge < -0.3 is 9.64 Å². The van der Waals surface area contributed by atoms with Gasteiger partial charge in [0.05, 0.1) is 31.7 Å². The van der Waals surface area contributed by atoms with E-state index >= 15 is 4.39 Å². The molecule has 0 aromatic heterocycles. The van der Waals surface area contributed by atoms with Crippen LogP contribution in [0.5, 0.6) is 5.75 Å².